The molecular weight excluding hydrogens is 360 g/mol. The average Bonchev–Trinajstić information content (AvgIpc) is 3.04. The van der Waals surface area contributed by atoms with Crippen molar-refractivity contribution in [1.29, 1.82) is 0 Å². The van der Waals surface area contributed by atoms with Gasteiger partial charge in [0, 0.05) is 30.1 Å². The monoisotopic (exact) mass is 382 g/mol. The average molecular weight is 383 g/mol. The second-order valence-corrected chi connectivity index (χ2v) is 9.17. The molecule has 1 aromatic carbocycles. The van der Waals surface area contributed by atoms with Crippen molar-refractivity contribution in [3.63, 3.8) is 0 Å². The fourth-order valence-corrected chi connectivity index (χ4v) is 5.04. The number of hydrogen-bond donors (Lipinski definition) is 0. The van der Waals surface area contributed by atoms with Crippen molar-refractivity contribution < 1.29 is 8.42 Å². The van der Waals surface area contributed by atoms with Gasteiger partial charge in [0.05, 0.1) is 5.75 Å². The molecule has 0 atom stereocenters. The maximum atomic E-state index is 12.7. The third kappa shape index (κ3) is 4.22. The molecular formula is C17H23ClN4O2S. The first-order valence-corrected chi connectivity index (χ1v) is 10.5. The van der Waals surface area contributed by atoms with Crippen LogP contribution in [0.3, 0.4) is 0 Å². The maximum absolute atomic E-state index is 12.7. The number of hydrogen-bond acceptors (Lipinski definition) is 4. The normalized spacial score (nSPS) is 17.3. The molecule has 1 fully saturated rings. The van der Waals surface area contributed by atoms with Crippen molar-refractivity contribution >= 4 is 21.6 Å². The molecule has 6 nitrogen and oxygen atoms in total. The minimum absolute atomic E-state index is 0.0118. The number of nitrogens with zero attached hydrogens (tertiary/aromatic N) is 4. The second-order valence-electron chi connectivity index (χ2n) is 6.77. The van der Waals surface area contributed by atoms with Crippen LogP contribution >= 0.6 is 11.6 Å². The molecule has 0 saturated carbocycles. The highest BCUT2D eigenvalue weighted by Gasteiger charge is 2.30. The van der Waals surface area contributed by atoms with E-state index >= 15 is 0 Å². The van der Waals surface area contributed by atoms with Gasteiger partial charge in [-0.25, -0.2) is 12.7 Å². The summed E-state index contributed by atoms with van der Waals surface area (Å²) < 4.78 is 29.1. The third-order valence-corrected chi connectivity index (χ3v) is 6.65. The molecule has 0 radical (unpaired) electrons. The number of rotatable bonds is 5. The molecule has 1 aliphatic rings. The van der Waals surface area contributed by atoms with E-state index in [2.05, 4.69) is 28.6 Å². The van der Waals surface area contributed by atoms with Crippen molar-refractivity contribution in [3.8, 4) is 0 Å². The molecule has 1 aliphatic heterocycles. The quantitative estimate of drug-likeness (QED) is 0.796. The van der Waals surface area contributed by atoms with E-state index in [0.29, 0.717) is 24.0 Å². The summed E-state index contributed by atoms with van der Waals surface area (Å²) in [4.78, 5) is 0. The molecule has 1 aromatic heterocycles. The second kappa shape index (κ2) is 7.43. The summed E-state index contributed by atoms with van der Waals surface area (Å²) in [6.07, 6.45) is 3.30. The van der Waals surface area contributed by atoms with E-state index in [4.69, 9.17) is 11.6 Å². The summed E-state index contributed by atoms with van der Waals surface area (Å²) in [5.74, 6) is 1.24. The van der Waals surface area contributed by atoms with Crippen LogP contribution in [-0.2, 0) is 15.8 Å². The zero-order chi connectivity index (χ0) is 18.0. The fraction of sp³-hybridized carbons (Fsp3) is 0.529. The summed E-state index contributed by atoms with van der Waals surface area (Å²) in [6.45, 7) is 5.21. The molecule has 0 aliphatic carbocycles. The SMILES string of the molecule is CC(C)c1nncn1C1CCN(S(=O)(=O)Cc2cccc(Cl)c2)CC1. The topological polar surface area (TPSA) is 68.1 Å². The van der Waals surface area contributed by atoms with E-state index < -0.39 is 10.0 Å². The summed E-state index contributed by atoms with van der Waals surface area (Å²) in [6, 6.07) is 7.28. The Bertz CT molecular complexity index is 827. The van der Waals surface area contributed by atoms with Gasteiger partial charge in [0.25, 0.3) is 0 Å². The third-order valence-electron chi connectivity index (χ3n) is 4.57. The van der Waals surface area contributed by atoms with Crippen LogP contribution in [0.25, 0.3) is 0 Å². The Morgan fingerprint density at radius 3 is 2.64 bits per heavy atom. The largest absolute Gasteiger partial charge is 0.314 e. The van der Waals surface area contributed by atoms with Gasteiger partial charge in [-0.3, -0.25) is 0 Å². The Morgan fingerprint density at radius 1 is 1.28 bits per heavy atom. The number of benzene rings is 1. The number of halogens is 1. The van der Waals surface area contributed by atoms with E-state index in [9.17, 15) is 8.42 Å². The van der Waals surface area contributed by atoms with Crippen LogP contribution < -0.4 is 0 Å². The van der Waals surface area contributed by atoms with Gasteiger partial charge in [-0.2, -0.15) is 0 Å². The summed E-state index contributed by atoms with van der Waals surface area (Å²) in [7, 11) is -3.34. The standard InChI is InChI=1S/C17H23ClN4O2S/c1-13(2)17-20-19-12-22(17)16-6-8-21(9-7-16)25(23,24)11-14-4-3-5-15(18)10-14/h3-5,10,12-13,16H,6-9,11H2,1-2H3. The Kier molecular flexibility index (Phi) is 5.46. The Hall–Kier alpha value is -1.44. The van der Waals surface area contributed by atoms with Gasteiger partial charge in [-0.1, -0.05) is 37.6 Å². The van der Waals surface area contributed by atoms with Gasteiger partial charge in [0.2, 0.25) is 10.0 Å². The molecule has 3 rings (SSSR count). The Balaban J connectivity index is 1.66. The molecule has 8 heteroatoms. The predicted octanol–water partition coefficient (Wildman–Crippen LogP) is 3.22. The van der Waals surface area contributed by atoms with Crippen LogP contribution in [-0.4, -0.2) is 40.6 Å². The van der Waals surface area contributed by atoms with Gasteiger partial charge >= 0.3 is 0 Å². The van der Waals surface area contributed by atoms with Crippen LogP contribution in [0.5, 0.6) is 0 Å². The molecule has 0 bridgehead atoms. The van der Waals surface area contributed by atoms with Gasteiger partial charge < -0.3 is 4.57 Å². The lowest BCUT2D eigenvalue weighted by Gasteiger charge is -2.32. The van der Waals surface area contributed by atoms with Crippen LogP contribution in [0.4, 0.5) is 0 Å². The molecule has 0 spiro atoms. The molecule has 0 unspecified atom stereocenters. The van der Waals surface area contributed by atoms with E-state index in [0.717, 1.165) is 24.2 Å². The highest BCUT2D eigenvalue weighted by molar-refractivity contribution is 7.88. The minimum atomic E-state index is -3.34. The fourth-order valence-electron chi connectivity index (χ4n) is 3.27. The molecule has 136 valence electrons. The Morgan fingerprint density at radius 2 is 2.00 bits per heavy atom. The van der Waals surface area contributed by atoms with Crippen LogP contribution in [0.15, 0.2) is 30.6 Å². The molecule has 2 heterocycles. The lowest BCUT2D eigenvalue weighted by molar-refractivity contribution is 0.268. The highest BCUT2D eigenvalue weighted by atomic mass is 35.5. The van der Waals surface area contributed by atoms with Crippen molar-refractivity contribution in [1.82, 2.24) is 19.1 Å². The summed E-state index contributed by atoms with van der Waals surface area (Å²) in [5.41, 5.74) is 0.718. The lowest BCUT2D eigenvalue weighted by atomic mass is 10.1. The van der Waals surface area contributed by atoms with E-state index in [-0.39, 0.29) is 11.8 Å². The van der Waals surface area contributed by atoms with Crippen molar-refractivity contribution in [3.05, 3.63) is 47.0 Å². The number of sulfonamides is 1. The molecule has 25 heavy (non-hydrogen) atoms. The summed E-state index contributed by atoms with van der Waals surface area (Å²) in [5, 5.41) is 8.77. The van der Waals surface area contributed by atoms with Crippen molar-refractivity contribution in [2.24, 2.45) is 0 Å². The lowest BCUT2D eigenvalue weighted by Crippen LogP contribution is -2.39. The molecule has 0 N–H and O–H groups in total. The van der Waals surface area contributed by atoms with E-state index in [1.165, 1.54) is 0 Å². The van der Waals surface area contributed by atoms with Crippen LogP contribution in [0.1, 0.15) is 50.0 Å². The number of piperidine rings is 1. The van der Waals surface area contributed by atoms with Crippen molar-refractivity contribution in [2.75, 3.05) is 13.1 Å². The van der Waals surface area contributed by atoms with Crippen LogP contribution in [0.2, 0.25) is 5.02 Å². The maximum Gasteiger partial charge on any atom is 0.218 e. The van der Waals surface area contributed by atoms with Crippen LogP contribution in [0, 0.1) is 0 Å². The molecule has 2 aromatic rings. The smallest absolute Gasteiger partial charge is 0.218 e. The predicted molar refractivity (Wildman–Crippen MR) is 98.0 cm³/mol. The van der Waals surface area contributed by atoms with Gasteiger partial charge in [-0.05, 0) is 30.5 Å². The molecule has 0 amide bonds. The first kappa shape index (κ1) is 18.4. The van der Waals surface area contributed by atoms with Gasteiger partial charge in [0.1, 0.15) is 12.2 Å². The first-order valence-electron chi connectivity index (χ1n) is 8.48. The van der Waals surface area contributed by atoms with Crippen molar-refractivity contribution in [2.45, 2.75) is 44.4 Å². The van der Waals surface area contributed by atoms with E-state index in [1.807, 2.05) is 0 Å². The Labute approximate surface area is 153 Å². The van der Waals surface area contributed by atoms with E-state index in [1.54, 1.807) is 34.9 Å². The zero-order valence-corrected chi connectivity index (χ0v) is 16.0. The zero-order valence-electron chi connectivity index (χ0n) is 14.5. The molecule has 1 saturated heterocycles. The first-order chi connectivity index (χ1) is 11.9. The summed E-state index contributed by atoms with van der Waals surface area (Å²) >= 11 is 5.95. The highest BCUT2D eigenvalue weighted by Crippen LogP contribution is 2.28. The minimum Gasteiger partial charge on any atom is -0.314 e. The number of aromatic nitrogens is 3. The van der Waals surface area contributed by atoms with Gasteiger partial charge in [0.15, 0.2) is 0 Å². The van der Waals surface area contributed by atoms with Gasteiger partial charge in [-0.15, -0.1) is 10.2 Å².